The molecule has 2 N–H and O–H groups in total. The Hall–Kier alpha value is -2.73. The van der Waals surface area contributed by atoms with Gasteiger partial charge in [0.2, 0.25) is 0 Å². The molecular formula is C18H19ClN2O4. The van der Waals surface area contributed by atoms with Crippen LogP contribution in [0.15, 0.2) is 42.5 Å². The monoisotopic (exact) mass is 362 g/mol. The lowest BCUT2D eigenvalue weighted by atomic mass is 10.2. The largest absolute Gasteiger partial charge is 0.496 e. The smallest absolute Gasteiger partial charge is 0.260 e. The predicted octanol–water partition coefficient (Wildman–Crippen LogP) is 2.48. The van der Waals surface area contributed by atoms with E-state index in [9.17, 15) is 9.59 Å². The fourth-order valence-electron chi connectivity index (χ4n) is 2.25. The van der Waals surface area contributed by atoms with Crippen LogP contribution in [-0.4, -0.2) is 37.5 Å². The molecule has 0 aliphatic rings. The van der Waals surface area contributed by atoms with Crippen LogP contribution < -0.4 is 15.2 Å². The van der Waals surface area contributed by atoms with Crippen molar-refractivity contribution in [3.63, 3.8) is 0 Å². The van der Waals surface area contributed by atoms with Crippen molar-refractivity contribution >= 4 is 23.4 Å². The predicted molar refractivity (Wildman–Crippen MR) is 94.9 cm³/mol. The van der Waals surface area contributed by atoms with Gasteiger partial charge in [0.1, 0.15) is 11.5 Å². The standard InChI is InChI=1S/C18H19ClN2O4/c1-21(10-12-5-3-4-6-15(12)24-2)17(22)11-25-16-8-7-13(19)9-14(16)18(20)23/h3-9H,10-11H2,1-2H3,(H2,20,23). The Balaban J connectivity index is 2.02. The summed E-state index contributed by atoms with van der Waals surface area (Å²) in [4.78, 5) is 25.2. The van der Waals surface area contributed by atoms with Crippen molar-refractivity contribution in [1.29, 1.82) is 0 Å². The van der Waals surface area contributed by atoms with E-state index in [0.29, 0.717) is 17.3 Å². The summed E-state index contributed by atoms with van der Waals surface area (Å²) in [6.07, 6.45) is 0. The van der Waals surface area contributed by atoms with Crippen LogP contribution >= 0.6 is 11.6 Å². The number of rotatable bonds is 7. The molecule has 7 heteroatoms. The van der Waals surface area contributed by atoms with Crippen molar-refractivity contribution < 1.29 is 19.1 Å². The summed E-state index contributed by atoms with van der Waals surface area (Å²) in [5.41, 5.74) is 6.31. The zero-order chi connectivity index (χ0) is 18.4. The first kappa shape index (κ1) is 18.6. The van der Waals surface area contributed by atoms with Crippen molar-refractivity contribution in [1.82, 2.24) is 4.90 Å². The number of primary amides is 1. The third-order valence-electron chi connectivity index (χ3n) is 3.58. The number of carbonyl (C=O) groups excluding carboxylic acids is 2. The van der Waals surface area contributed by atoms with Crippen molar-refractivity contribution in [3.05, 3.63) is 58.6 Å². The minimum absolute atomic E-state index is 0.132. The molecule has 0 unspecified atom stereocenters. The fourth-order valence-corrected chi connectivity index (χ4v) is 2.42. The molecule has 0 bridgehead atoms. The van der Waals surface area contributed by atoms with E-state index >= 15 is 0 Å². The van der Waals surface area contributed by atoms with Crippen LogP contribution in [-0.2, 0) is 11.3 Å². The van der Waals surface area contributed by atoms with E-state index in [1.807, 2.05) is 24.3 Å². The first-order valence-electron chi connectivity index (χ1n) is 7.50. The molecule has 0 aliphatic carbocycles. The molecule has 2 aromatic rings. The normalized spacial score (nSPS) is 10.2. The van der Waals surface area contributed by atoms with E-state index in [2.05, 4.69) is 0 Å². The molecule has 0 spiro atoms. The Kier molecular flexibility index (Phi) is 6.25. The second kappa shape index (κ2) is 8.39. The highest BCUT2D eigenvalue weighted by Crippen LogP contribution is 2.23. The van der Waals surface area contributed by atoms with Crippen molar-refractivity contribution in [2.75, 3.05) is 20.8 Å². The van der Waals surface area contributed by atoms with Gasteiger partial charge in [-0.3, -0.25) is 9.59 Å². The van der Waals surface area contributed by atoms with E-state index in [1.165, 1.54) is 17.0 Å². The minimum atomic E-state index is -0.674. The van der Waals surface area contributed by atoms with Gasteiger partial charge in [0.05, 0.1) is 12.7 Å². The van der Waals surface area contributed by atoms with Crippen LogP contribution in [0, 0.1) is 0 Å². The number of likely N-dealkylation sites (N-methyl/N-ethyl adjacent to an activating group) is 1. The van der Waals surface area contributed by atoms with Crippen LogP contribution in [0.25, 0.3) is 0 Å². The maximum Gasteiger partial charge on any atom is 0.260 e. The molecule has 2 rings (SSSR count). The van der Waals surface area contributed by atoms with Gasteiger partial charge in [-0.25, -0.2) is 0 Å². The molecule has 0 saturated heterocycles. The zero-order valence-electron chi connectivity index (χ0n) is 14.0. The number of benzene rings is 2. The number of amides is 2. The van der Waals surface area contributed by atoms with Gasteiger partial charge >= 0.3 is 0 Å². The summed E-state index contributed by atoms with van der Waals surface area (Å²) >= 11 is 5.84. The van der Waals surface area contributed by atoms with Gasteiger partial charge in [-0.2, -0.15) is 0 Å². The van der Waals surface area contributed by atoms with Crippen molar-refractivity contribution in [2.24, 2.45) is 5.73 Å². The topological polar surface area (TPSA) is 81.9 Å². The number of ether oxygens (including phenoxy) is 2. The second-order valence-electron chi connectivity index (χ2n) is 5.36. The first-order chi connectivity index (χ1) is 11.9. The van der Waals surface area contributed by atoms with Crippen LogP contribution in [0.1, 0.15) is 15.9 Å². The lowest BCUT2D eigenvalue weighted by Gasteiger charge is -2.19. The highest BCUT2D eigenvalue weighted by Gasteiger charge is 2.15. The molecule has 0 aromatic heterocycles. The maximum atomic E-state index is 12.3. The van der Waals surface area contributed by atoms with Crippen molar-refractivity contribution in [3.8, 4) is 11.5 Å². The fraction of sp³-hybridized carbons (Fsp3) is 0.222. The molecule has 0 heterocycles. The summed E-state index contributed by atoms with van der Waals surface area (Å²) in [5, 5.41) is 0.362. The van der Waals surface area contributed by atoms with Crippen LogP contribution in [0.2, 0.25) is 5.02 Å². The molecule has 0 radical (unpaired) electrons. The summed E-state index contributed by atoms with van der Waals surface area (Å²) in [6, 6.07) is 11.9. The lowest BCUT2D eigenvalue weighted by molar-refractivity contribution is -0.132. The van der Waals surface area contributed by atoms with E-state index in [0.717, 1.165) is 5.56 Å². The van der Waals surface area contributed by atoms with Crippen molar-refractivity contribution in [2.45, 2.75) is 6.54 Å². The molecule has 132 valence electrons. The Morgan fingerprint density at radius 3 is 2.56 bits per heavy atom. The van der Waals surface area contributed by atoms with Gasteiger partial charge in [-0.15, -0.1) is 0 Å². The number of para-hydroxylation sites is 1. The van der Waals surface area contributed by atoms with Gasteiger partial charge < -0.3 is 20.1 Å². The molecule has 0 saturated carbocycles. The molecule has 2 aromatic carbocycles. The number of nitrogens with two attached hydrogens (primary N) is 1. The Morgan fingerprint density at radius 1 is 1.16 bits per heavy atom. The van der Waals surface area contributed by atoms with Crippen LogP contribution in [0.5, 0.6) is 11.5 Å². The highest BCUT2D eigenvalue weighted by molar-refractivity contribution is 6.31. The molecule has 25 heavy (non-hydrogen) atoms. The van der Waals surface area contributed by atoms with Gasteiger partial charge in [-0.05, 0) is 24.3 Å². The number of methoxy groups -OCH3 is 1. The molecule has 0 atom stereocenters. The van der Waals surface area contributed by atoms with Crippen LogP contribution in [0.4, 0.5) is 0 Å². The summed E-state index contributed by atoms with van der Waals surface area (Å²) in [6.45, 7) is 0.142. The average molecular weight is 363 g/mol. The number of carbonyl (C=O) groups is 2. The number of nitrogens with zero attached hydrogens (tertiary/aromatic N) is 1. The zero-order valence-corrected chi connectivity index (χ0v) is 14.7. The second-order valence-corrected chi connectivity index (χ2v) is 5.79. The highest BCUT2D eigenvalue weighted by atomic mass is 35.5. The SMILES string of the molecule is COc1ccccc1CN(C)C(=O)COc1ccc(Cl)cc1C(N)=O. The number of hydrogen-bond acceptors (Lipinski definition) is 4. The van der Waals surface area contributed by atoms with Gasteiger partial charge in [0, 0.05) is 24.2 Å². The van der Waals surface area contributed by atoms with E-state index in [-0.39, 0.29) is 23.8 Å². The van der Waals surface area contributed by atoms with Gasteiger partial charge in [-0.1, -0.05) is 29.8 Å². The summed E-state index contributed by atoms with van der Waals surface area (Å²) in [7, 11) is 3.24. The number of hydrogen-bond donors (Lipinski definition) is 1. The number of halogens is 1. The maximum absolute atomic E-state index is 12.3. The summed E-state index contributed by atoms with van der Waals surface area (Å²) in [5.74, 6) is -0.00340. The third kappa shape index (κ3) is 4.87. The Morgan fingerprint density at radius 2 is 1.88 bits per heavy atom. The van der Waals surface area contributed by atoms with E-state index in [1.54, 1.807) is 20.2 Å². The van der Waals surface area contributed by atoms with Gasteiger partial charge in [0.15, 0.2) is 6.61 Å². The Labute approximate surface area is 151 Å². The lowest BCUT2D eigenvalue weighted by Crippen LogP contribution is -2.31. The molecule has 2 amide bonds. The van der Waals surface area contributed by atoms with E-state index in [4.69, 9.17) is 26.8 Å². The van der Waals surface area contributed by atoms with E-state index < -0.39 is 5.91 Å². The first-order valence-corrected chi connectivity index (χ1v) is 7.88. The molecule has 6 nitrogen and oxygen atoms in total. The van der Waals surface area contributed by atoms with Crippen LogP contribution in [0.3, 0.4) is 0 Å². The molecular weight excluding hydrogens is 344 g/mol. The summed E-state index contributed by atoms with van der Waals surface area (Å²) < 4.78 is 10.7. The quantitative estimate of drug-likeness (QED) is 0.820. The molecule has 0 fully saturated rings. The third-order valence-corrected chi connectivity index (χ3v) is 3.82. The minimum Gasteiger partial charge on any atom is -0.496 e. The molecule has 0 aliphatic heterocycles. The van der Waals surface area contributed by atoms with Gasteiger partial charge in [0.25, 0.3) is 11.8 Å². The average Bonchev–Trinajstić information content (AvgIpc) is 2.60. The Bertz CT molecular complexity index is 779.